The van der Waals surface area contributed by atoms with Crippen LogP contribution in [0.4, 0.5) is 0 Å². The smallest absolute Gasteiger partial charge is 0.124 e. The molecule has 1 aromatic carbocycles. The summed E-state index contributed by atoms with van der Waals surface area (Å²) < 4.78 is 0. The van der Waals surface area contributed by atoms with E-state index >= 15 is 0 Å². The van der Waals surface area contributed by atoms with Crippen molar-refractivity contribution in [2.24, 2.45) is 0 Å². The molecule has 0 saturated carbocycles. The first-order valence-electron chi connectivity index (χ1n) is 8.86. The first-order valence-corrected chi connectivity index (χ1v) is 8.86. The Balaban J connectivity index is 2.62. The van der Waals surface area contributed by atoms with E-state index in [9.17, 15) is 4.79 Å². The molecule has 1 rings (SSSR count). The Morgan fingerprint density at radius 2 is 1.43 bits per heavy atom. The molecule has 0 fully saturated rings. The summed E-state index contributed by atoms with van der Waals surface area (Å²) in [5.41, 5.74) is 4.17. The largest absolute Gasteiger partial charge is 0.303 e. The van der Waals surface area contributed by atoms with E-state index in [1.165, 1.54) is 80.9 Å². The molecule has 21 heavy (non-hydrogen) atoms. The molecule has 0 aromatic heterocycles. The van der Waals surface area contributed by atoms with Crippen molar-refractivity contribution in [1.29, 1.82) is 0 Å². The van der Waals surface area contributed by atoms with Gasteiger partial charge in [0.2, 0.25) is 0 Å². The van der Waals surface area contributed by atoms with Crippen molar-refractivity contribution in [2.45, 2.75) is 84.5 Å². The van der Waals surface area contributed by atoms with Crippen LogP contribution < -0.4 is 0 Å². The summed E-state index contributed by atoms with van der Waals surface area (Å²) in [4.78, 5) is 10.7. The maximum atomic E-state index is 10.7. The van der Waals surface area contributed by atoms with Crippen molar-refractivity contribution >= 4 is 6.29 Å². The van der Waals surface area contributed by atoms with Crippen molar-refractivity contribution in [2.75, 3.05) is 0 Å². The molecule has 1 heteroatoms. The molecule has 0 unspecified atom stereocenters. The van der Waals surface area contributed by atoms with Crippen LogP contribution in [0, 0.1) is 0 Å². The Morgan fingerprint density at radius 3 is 2.00 bits per heavy atom. The molecule has 1 nitrogen and oxygen atoms in total. The van der Waals surface area contributed by atoms with Crippen molar-refractivity contribution in [3.05, 3.63) is 34.9 Å². The lowest BCUT2D eigenvalue weighted by molar-refractivity contribution is -0.107. The molecule has 0 radical (unpaired) electrons. The van der Waals surface area contributed by atoms with Gasteiger partial charge in [0.1, 0.15) is 6.29 Å². The second kappa shape index (κ2) is 11.5. The minimum absolute atomic E-state index is 0.554. The van der Waals surface area contributed by atoms with Crippen molar-refractivity contribution in [1.82, 2.24) is 0 Å². The Kier molecular flexibility index (Phi) is 9.86. The van der Waals surface area contributed by atoms with Crippen LogP contribution in [-0.4, -0.2) is 6.29 Å². The third kappa shape index (κ3) is 7.45. The second-order valence-corrected chi connectivity index (χ2v) is 6.10. The lowest BCUT2D eigenvalue weighted by Crippen LogP contribution is -1.98. The number of aryl methyl sites for hydroxylation is 2. The lowest BCUT2D eigenvalue weighted by Gasteiger charge is -2.11. The summed E-state index contributed by atoms with van der Waals surface area (Å²) in [5.74, 6) is 0. The van der Waals surface area contributed by atoms with Gasteiger partial charge in [0.25, 0.3) is 0 Å². The molecule has 0 saturated heterocycles. The summed E-state index contributed by atoms with van der Waals surface area (Å²) in [5, 5.41) is 0. The van der Waals surface area contributed by atoms with Crippen LogP contribution in [0.2, 0.25) is 0 Å². The van der Waals surface area contributed by atoms with Crippen LogP contribution in [0.15, 0.2) is 18.2 Å². The molecular formula is C20H32O. The topological polar surface area (TPSA) is 17.1 Å². The number of hydrogen-bond acceptors (Lipinski definition) is 1. The maximum absolute atomic E-state index is 10.7. The Morgan fingerprint density at radius 1 is 0.810 bits per heavy atom. The SMILES string of the molecule is CCCCCCc1ccc(CC=O)cc1CCCCCC. The fourth-order valence-electron chi connectivity index (χ4n) is 2.86. The third-order valence-electron chi connectivity index (χ3n) is 4.19. The zero-order valence-electron chi connectivity index (χ0n) is 14.0. The first kappa shape index (κ1) is 17.9. The van der Waals surface area contributed by atoms with Gasteiger partial charge in [-0.05, 0) is 42.4 Å². The van der Waals surface area contributed by atoms with Crippen LogP contribution in [0.1, 0.15) is 81.9 Å². The molecular weight excluding hydrogens is 256 g/mol. The zero-order valence-corrected chi connectivity index (χ0v) is 14.0. The number of carbonyl (C=O) groups excluding carboxylic acids is 1. The highest BCUT2D eigenvalue weighted by Crippen LogP contribution is 2.19. The van der Waals surface area contributed by atoms with E-state index in [1.54, 1.807) is 0 Å². The van der Waals surface area contributed by atoms with E-state index in [1.807, 2.05) is 0 Å². The highest BCUT2D eigenvalue weighted by Gasteiger charge is 2.05. The molecule has 0 bridgehead atoms. The van der Waals surface area contributed by atoms with Gasteiger partial charge in [-0.3, -0.25) is 0 Å². The summed E-state index contributed by atoms with van der Waals surface area (Å²) in [6.45, 7) is 4.51. The fraction of sp³-hybridized carbons (Fsp3) is 0.650. The van der Waals surface area contributed by atoms with Gasteiger partial charge in [0.05, 0.1) is 0 Å². The van der Waals surface area contributed by atoms with Crippen LogP contribution in [0.3, 0.4) is 0 Å². The van der Waals surface area contributed by atoms with Gasteiger partial charge in [-0.25, -0.2) is 0 Å². The predicted octanol–water partition coefficient (Wildman–Crippen LogP) is 5.67. The summed E-state index contributed by atoms with van der Waals surface area (Å²) in [6.07, 6.45) is 14.4. The minimum Gasteiger partial charge on any atom is -0.303 e. The molecule has 0 amide bonds. The predicted molar refractivity (Wildman–Crippen MR) is 91.9 cm³/mol. The van der Waals surface area contributed by atoms with Crippen molar-refractivity contribution < 1.29 is 4.79 Å². The Labute approximate surface area is 131 Å². The molecule has 0 aliphatic heterocycles. The highest BCUT2D eigenvalue weighted by molar-refractivity contribution is 5.55. The zero-order chi connectivity index (χ0) is 15.3. The lowest BCUT2D eigenvalue weighted by atomic mass is 9.94. The molecule has 0 heterocycles. The number of carbonyl (C=O) groups is 1. The van der Waals surface area contributed by atoms with Crippen LogP contribution in [0.5, 0.6) is 0 Å². The standard InChI is InChI=1S/C20H32O/c1-3-5-7-9-11-19-14-13-18(15-16-21)17-20(19)12-10-8-6-4-2/h13-14,16-17H,3-12,15H2,1-2H3. The number of rotatable bonds is 12. The monoisotopic (exact) mass is 288 g/mol. The Bertz CT molecular complexity index is 395. The fourth-order valence-corrected chi connectivity index (χ4v) is 2.86. The average molecular weight is 288 g/mol. The Hall–Kier alpha value is -1.11. The van der Waals surface area contributed by atoms with Gasteiger partial charge in [0, 0.05) is 6.42 Å². The molecule has 0 spiro atoms. The average Bonchev–Trinajstić information content (AvgIpc) is 2.50. The second-order valence-electron chi connectivity index (χ2n) is 6.10. The van der Waals surface area contributed by atoms with E-state index in [4.69, 9.17) is 0 Å². The number of unbranched alkanes of at least 4 members (excludes halogenated alkanes) is 6. The van der Waals surface area contributed by atoms with Crippen molar-refractivity contribution in [3.63, 3.8) is 0 Å². The summed E-state index contributed by atoms with van der Waals surface area (Å²) in [6, 6.07) is 6.68. The molecule has 1 aromatic rings. The third-order valence-corrected chi connectivity index (χ3v) is 4.19. The van der Waals surface area contributed by atoms with E-state index in [0.29, 0.717) is 6.42 Å². The normalized spacial score (nSPS) is 10.8. The van der Waals surface area contributed by atoms with E-state index < -0.39 is 0 Å². The number of hydrogen-bond donors (Lipinski definition) is 0. The van der Waals surface area contributed by atoms with Gasteiger partial charge in [-0.2, -0.15) is 0 Å². The minimum atomic E-state index is 0.554. The molecule has 0 aliphatic rings. The van der Waals surface area contributed by atoms with Crippen LogP contribution in [-0.2, 0) is 24.1 Å². The van der Waals surface area contributed by atoms with E-state index in [0.717, 1.165) is 6.29 Å². The van der Waals surface area contributed by atoms with E-state index in [2.05, 4.69) is 32.0 Å². The van der Waals surface area contributed by atoms with E-state index in [-0.39, 0.29) is 0 Å². The molecule has 0 aliphatic carbocycles. The first-order chi connectivity index (χ1) is 10.3. The van der Waals surface area contributed by atoms with Gasteiger partial charge in [-0.1, -0.05) is 70.6 Å². The van der Waals surface area contributed by atoms with Crippen LogP contribution in [0.25, 0.3) is 0 Å². The quantitative estimate of drug-likeness (QED) is 0.357. The van der Waals surface area contributed by atoms with Crippen LogP contribution >= 0.6 is 0 Å². The van der Waals surface area contributed by atoms with Gasteiger partial charge < -0.3 is 4.79 Å². The highest BCUT2D eigenvalue weighted by atomic mass is 16.1. The van der Waals surface area contributed by atoms with Gasteiger partial charge >= 0.3 is 0 Å². The molecule has 0 atom stereocenters. The number of aldehydes is 1. The number of benzene rings is 1. The summed E-state index contributed by atoms with van der Waals surface area (Å²) >= 11 is 0. The molecule has 0 N–H and O–H groups in total. The van der Waals surface area contributed by atoms with Gasteiger partial charge in [-0.15, -0.1) is 0 Å². The summed E-state index contributed by atoms with van der Waals surface area (Å²) in [7, 11) is 0. The molecule has 118 valence electrons. The maximum Gasteiger partial charge on any atom is 0.124 e. The van der Waals surface area contributed by atoms with Gasteiger partial charge in [0.15, 0.2) is 0 Å². The van der Waals surface area contributed by atoms with Crippen molar-refractivity contribution in [3.8, 4) is 0 Å².